The molecule has 0 spiro atoms. The Morgan fingerprint density at radius 3 is 1.64 bits per heavy atom. The van der Waals surface area contributed by atoms with Crippen molar-refractivity contribution in [2.45, 2.75) is 6.42 Å². The van der Waals surface area contributed by atoms with Crippen LogP contribution in [0, 0.1) is 10.8 Å². The maximum Gasteiger partial charge on any atom is 0.151 e. The van der Waals surface area contributed by atoms with E-state index >= 15 is 0 Å². The fourth-order valence-corrected chi connectivity index (χ4v) is 1.62. The zero-order chi connectivity index (χ0) is 8.69. The van der Waals surface area contributed by atoms with Crippen LogP contribution in [0.2, 0.25) is 0 Å². The van der Waals surface area contributed by atoms with Crippen molar-refractivity contribution in [3.63, 3.8) is 0 Å². The molecule has 0 aromatic carbocycles. The molecule has 0 radical (unpaired) electrons. The van der Waals surface area contributed by atoms with Crippen LogP contribution >= 0.6 is 23.5 Å². The third-order valence-corrected chi connectivity index (χ3v) is 2.41. The maximum absolute atomic E-state index is 6.88. The molecule has 0 rings (SSSR count). The Balaban J connectivity index is 3.03. The number of rotatable bonds is 4. The van der Waals surface area contributed by atoms with E-state index in [-0.39, 0.29) is 10.3 Å². The van der Waals surface area contributed by atoms with Crippen LogP contribution in [-0.4, -0.2) is 21.8 Å². The van der Waals surface area contributed by atoms with Crippen LogP contribution < -0.4 is 11.5 Å². The lowest BCUT2D eigenvalue weighted by molar-refractivity contribution is 1.13. The topological polar surface area (TPSA) is 99.7 Å². The van der Waals surface area contributed by atoms with E-state index in [1.807, 2.05) is 0 Å². The van der Waals surface area contributed by atoms with Crippen LogP contribution in [0.5, 0.6) is 0 Å². The number of hydrogen-bond donors (Lipinski definition) is 4. The number of nitrogens with two attached hydrogens (primary N) is 2. The molecule has 11 heavy (non-hydrogen) atoms. The fraction of sp³-hybridized carbons (Fsp3) is 0.600. The van der Waals surface area contributed by atoms with Crippen molar-refractivity contribution in [3.05, 3.63) is 0 Å². The minimum absolute atomic E-state index is 0.151. The van der Waals surface area contributed by atoms with Crippen LogP contribution in [0.4, 0.5) is 0 Å². The van der Waals surface area contributed by atoms with E-state index < -0.39 is 0 Å². The molecule has 0 aliphatic carbocycles. The highest BCUT2D eigenvalue weighted by Gasteiger charge is 1.93. The second-order valence-corrected chi connectivity index (χ2v) is 4.05. The van der Waals surface area contributed by atoms with E-state index in [1.54, 1.807) is 0 Å². The fourth-order valence-electron chi connectivity index (χ4n) is 0.423. The molecule has 0 amide bonds. The van der Waals surface area contributed by atoms with Crippen molar-refractivity contribution < 1.29 is 0 Å². The van der Waals surface area contributed by atoms with Gasteiger partial charge in [-0.3, -0.25) is 10.8 Å². The van der Waals surface area contributed by atoms with Gasteiger partial charge in [-0.25, -0.2) is 0 Å². The lowest BCUT2D eigenvalue weighted by atomic mass is 10.6. The predicted molar refractivity (Wildman–Crippen MR) is 53.4 cm³/mol. The van der Waals surface area contributed by atoms with Crippen LogP contribution in [-0.2, 0) is 0 Å². The van der Waals surface area contributed by atoms with Gasteiger partial charge in [0.05, 0.1) is 0 Å². The monoisotopic (exact) mass is 192 g/mol. The van der Waals surface area contributed by atoms with Crippen LogP contribution in [0.25, 0.3) is 0 Å². The van der Waals surface area contributed by atoms with E-state index in [9.17, 15) is 0 Å². The van der Waals surface area contributed by atoms with Gasteiger partial charge in [-0.15, -0.1) is 0 Å². The Morgan fingerprint density at radius 2 is 1.36 bits per heavy atom. The molecular formula is C5H12N4S2. The van der Waals surface area contributed by atoms with E-state index in [1.165, 1.54) is 23.5 Å². The summed E-state index contributed by atoms with van der Waals surface area (Å²) in [6.07, 6.45) is 0.925. The number of hydrogen-bond acceptors (Lipinski definition) is 4. The molecule has 0 aromatic heterocycles. The molecule has 0 saturated carbocycles. The van der Waals surface area contributed by atoms with Crippen molar-refractivity contribution in [2.24, 2.45) is 11.5 Å². The lowest BCUT2D eigenvalue weighted by Gasteiger charge is -1.97. The standard InChI is InChI=1S/C5H12N4S2/c6-4(7)10-2-1-3-11-5(8)9/h1-3H2,(H3,6,7)(H3,8,9). The Labute approximate surface area is 74.5 Å². The predicted octanol–water partition coefficient (Wildman–Crippen LogP) is 0.630. The normalized spacial score (nSPS) is 9.45. The van der Waals surface area contributed by atoms with Crippen molar-refractivity contribution >= 4 is 33.9 Å². The minimum Gasteiger partial charge on any atom is -0.379 e. The molecule has 0 bridgehead atoms. The molecule has 0 heterocycles. The van der Waals surface area contributed by atoms with Gasteiger partial charge in [-0.1, -0.05) is 23.5 Å². The average molecular weight is 192 g/mol. The average Bonchev–Trinajstić information content (AvgIpc) is 1.85. The summed E-state index contributed by atoms with van der Waals surface area (Å²) < 4.78 is 0. The molecule has 0 aliphatic rings. The maximum atomic E-state index is 6.88. The molecule has 4 nitrogen and oxygen atoms in total. The van der Waals surface area contributed by atoms with Gasteiger partial charge in [0.15, 0.2) is 10.3 Å². The summed E-state index contributed by atoms with van der Waals surface area (Å²) >= 11 is 2.64. The Morgan fingerprint density at radius 1 is 1.00 bits per heavy atom. The van der Waals surface area contributed by atoms with Gasteiger partial charge in [0.25, 0.3) is 0 Å². The summed E-state index contributed by atoms with van der Waals surface area (Å²) in [4.78, 5) is 0. The van der Waals surface area contributed by atoms with Gasteiger partial charge < -0.3 is 11.5 Å². The first-order chi connectivity index (χ1) is 5.13. The molecule has 0 aliphatic heterocycles. The first-order valence-electron chi connectivity index (χ1n) is 3.06. The van der Waals surface area contributed by atoms with Crippen molar-refractivity contribution in [1.29, 1.82) is 10.8 Å². The van der Waals surface area contributed by atoms with Gasteiger partial charge in [0.2, 0.25) is 0 Å². The van der Waals surface area contributed by atoms with Crippen molar-refractivity contribution in [1.82, 2.24) is 0 Å². The SMILES string of the molecule is N=C(N)SCCCSC(=N)N. The Hall–Kier alpha value is -0.360. The third-order valence-electron chi connectivity index (χ3n) is 0.804. The first kappa shape index (κ1) is 10.6. The van der Waals surface area contributed by atoms with Gasteiger partial charge in [-0.2, -0.15) is 0 Å². The minimum atomic E-state index is 0.151. The van der Waals surface area contributed by atoms with Crippen LogP contribution in [0.1, 0.15) is 6.42 Å². The largest absolute Gasteiger partial charge is 0.379 e. The highest BCUT2D eigenvalue weighted by atomic mass is 32.2. The van der Waals surface area contributed by atoms with Crippen LogP contribution in [0.15, 0.2) is 0 Å². The zero-order valence-electron chi connectivity index (χ0n) is 6.09. The van der Waals surface area contributed by atoms with Crippen LogP contribution in [0.3, 0.4) is 0 Å². The quantitative estimate of drug-likeness (QED) is 0.298. The molecule has 64 valence electrons. The molecule has 0 aromatic rings. The van der Waals surface area contributed by atoms with E-state index in [0.29, 0.717) is 0 Å². The highest BCUT2D eigenvalue weighted by molar-refractivity contribution is 8.14. The molecular weight excluding hydrogens is 180 g/mol. The smallest absolute Gasteiger partial charge is 0.151 e. The summed E-state index contributed by atoms with van der Waals surface area (Å²) in [7, 11) is 0. The first-order valence-corrected chi connectivity index (χ1v) is 5.03. The molecule has 0 atom stereocenters. The zero-order valence-corrected chi connectivity index (χ0v) is 7.73. The molecule has 0 fully saturated rings. The second kappa shape index (κ2) is 6.36. The van der Waals surface area contributed by atoms with Gasteiger partial charge in [-0.05, 0) is 6.42 Å². The van der Waals surface area contributed by atoms with Gasteiger partial charge >= 0.3 is 0 Å². The third kappa shape index (κ3) is 9.64. The second-order valence-electron chi connectivity index (χ2n) is 1.78. The van der Waals surface area contributed by atoms with Crippen molar-refractivity contribution in [3.8, 4) is 0 Å². The molecule has 0 saturated heterocycles. The Kier molecular flexibility index (Phi) is 6.15. The van der Waals surface area contributed by atoms with E-state index in [0.717, 1.165) is 17.9 Å². The van der Waals surface area contributed by atoms with E-state index in [2.05, 4.69) is 0 Å². The summed E-state index contributed by atoms with van der Waals surface area (Å²) in [5, 5.41) is 14.1. The number of nitrogens with one attached hydrogen (secondary N) is 2. The summed E-state index contributed by atoms with van der Waals surface area (Å²) in [5.41, 5.74) is 10.2. The van der Waals surface area contributed by atoms with Gasteiger partial charge in [0, 0.05) is 11.5 Å². The molecule has 6 heteroatoms. The van der Waals surface area contributed by atoms with E-state index in [4.69, 9.17) is 22.3 Å². The summed E-state index contributed by atoms with van der Waals surface area (Å²) in [6, 6.07) is 0. The van der Waals surface area contributed by atoms with Gasteiger partial charge in [0.1, 0.15) is 0 Å². The Bertz CT molecular complexity index is 131. The number of thioether (sulfide) groups is 2. The molecule has 6 N–H and O–H groups in total. The lowest BCUT2D eigenvalue weighted by Crippen LogP contribution is -2.06. The number of amidine groups is 2. The molecule has 0 unspecified atom stereocenters. The highest BCUT2D eigenvalue weighted by Crippen LogP contribution is 2.06. The summed E-state index contributed by atoms with van der Waals surface area (Å²) in [6.45, 7) is 0. The van der Waals surface area contributed by atoms with Crippen molar-refractivity contribution in [2.75, 3.05) is 11.5 Å². The summed E-state index contributed by atoms with van der Waals surface area (Å²) in [5.74, 6) is 1.66.